The molecule has 2 N–H and O–H groups in total. The van der Waals surface area contributed by atoms with Gasteiger partial charge in [-0.25, -0.2) is 0 Å². The summed E-state index contributed by atoms with van der Waals surface area (Å²) in [7, 11) is 0. The van der Waals surface area contributed by atoms with Gasteiger partial charge in [0.2, 0.25) is 5.89 Å². The van der Waals surface area contributed by atoms with Crippen LogP contribution in [0.25, 0.3) is 0 Å². The van der Waals surface area contributed by atoms with Crippen LogP contribution < -0.4 is 5.73 Å². The van der Waals surface area contributed by atoms with Crippen LogP contribution in [0.2, 0.25) is 0 Å². The van der Waals surface area contributed by atoms with E-state index in [-0.39, 0.29) is 5.92 Å². The largest absolute Gasteiger partial charge is 0.339 e. The van der Waals surface area contributed by atoms with E-state index in [1.807, 2.05) is 12.1 Å². The first-order valence-corrected chi connectivity index (χ1v) is 8.41. The van der Waals surface area contributed by atoms with Gasteiger partial charge in [-0.2, -0.15) is 4.98 Å². The molecule has 0 bridgehead atoms. The molecule has 0 radical (unpaired) electrons. The second-order valence-electron chi connectivity index (χ2n) is 4.51. The van der Waals surface area contributed by atoms with Crippen LogP contribution in [0.5, 0.6) is 0 Å². The van der Waals surface area contributed by atoms with Crippen molar-refractivity contribution in [3.63, 3.8) is 0 Å². The highest BCUT2D eigenvalue weighted by atomic mass is 79.9. The van der Waals surface area contributed by atoms with E-state index in [0.717, 1.165) is 23.1 Å². The number of hydrogen-bond acceptors (Lipinski definition) is 5. The molecule has 1 unspecified atom stereocenters. The highest BCUT2D eigenvalue weighted by molar-refractivity contribution is 9.10. The third-order valence-corrected chi connectivity index (χ3v) is 4.47. The van der Waals surface area contributed by atoms with Crippen molar-refractivity contribution in [3.05, 3.63) is 40.5 Å². The second kappa shape index (κ2) is 7.81. The first-order valence-electron chi connectivity index (χ1n) is 6.63. The Morgan fingerprint density at radius 2 is 2.10 bits per heavy atom. The predicted molar refractivity (Wildman–Crippen MR) is 84.7 cm³/mol. The Morgan fingerprint density at radius 1 is 1.35 bits per heavy atom. The summed E-state index contributed by atoms with van der Waals surface area (Å²) in [5.74, 6) is 2.27. The third kappa shape index (κ3) is 4.33. The van der Waals surface area contributed by atoms with Crippen molar-refractivity contribution in [2.45, 2.75) is 36.3 Å². The molecule has 108 valence electrons. The molecule has 4 nitrogen and oxygen atoms in total. The summed E-state index contributed by atoms with van der Waals surface area (Å²) in [5, 5.41) is 4.03. The lowest BCUT2D eigenvalue weighted by Gasteiger charge is -2.06. The quantitative estimate of drug-likeness (QED) is 0.761. The summed E-state index contributed by atoms with van der Waals surface area (Å²) in [6.07, 6.45) is 2.05. The van der Waals surface area contributed by atoms with Crippen molar-refractivity contribution in [1.82, 2.24) is 10.1 Å². The number of aromatic nitrogens is 2. The topological polar surface area (TPSA) is 64.9 Å². The summed E-state index contributed by atoms with van der Waals surface area (Å²) >= 11 is 5.11. The lowest BCUT2D eigenvalue weighted by molar-refractivity contribution is 0.344. The van der Waals surface area contributed by atoms with Gasteiger partial charge in [-0.1, -0.05) is 34.4 Å². The third-order valence-electron chi connectivity index (χ3n) is 2.94. The van der Waals surface area contributed by atoms with Crippen LogP contribution in [0.1, 0.15) is 37.4 Å². The van der Waals surface area contributed by atoms with Crippen LogP contribution in [0.3, 0.4) is 0 Å². The van der Waals surface area contributed by atoms with Crippen LogP contribution in [-0.2, 0) is 5.75 Å². The van der Waals surface area contributed by atoms with Crippen LogP contribution in [0.4, 0.5) is 0 Å². The monoisotopic (exact) mass is 355 g/mol. The van der Waals surface area contributed by atoms with E-state index in [0.29, 0.717) is 18.2 Å². The minimum absolute atomic E-state index is 0.180. The summed E-state index contributed by atoms with van der Waals surface area (Å²) < 4.78 is 6.39. The zero-order chi connectivity index (χ0) is 14.4. The lowest BCUT2D eigenvalue weighted by atomic mass is 10.0. The number of rotatable bonds is 7. The average Bonchev–Trinajstić information content (AvgIpc) is 2.93. The SMILES string of the molecule is CCCC(CN)c1nc(CSc2ccc(Br)cc2)no1. The van der Waals surface area contributed by atoms with Crippen LogP contribution >= 0.6 is 27.7 Å². The summed E-state index contributed by atoms with van der Waals surface area (Å²) in [6, 6.07) is 8.18. The minimum Gasteiger partial charge on any atom is -0.339 e. The van der Waals surface area contributed by atoms with E-state index in [1.54, 1.807) is 11.8 Å². The molecular weight excluding hydrogens is 338 g/mol. The molecule has 0 aliphatic carbocycles. The van der Waals surface area contributed by atoms with E-state index in [1.165, 1.54) is 4.90 Å². The maximum absolute atomic E-state index is 5.74. The Morgan fingerprint density at radius 3 is 2.75 bits per heavy atom. The number of nitrogens with zero attached hydrogens (tertiary/aromatic N) is 2. The maximum Gasteiger partial charge on any atom is 0.231 e. The zero-order valence-corrected chi connectivity index (χ0v) is 13.8. The Labute approximate surface area is 131 Å². The number of thioether (sulfide) groups is 1. The number of nitrogens with two attached hydrogens (primary N) is 1. The van der Waals surface area contributed by atoms with Crippen LogP contribution in [-0.4, -0.2) is 16.7 Å². The summed E-state index contributed by atoms with van der Waals surface area (Å²) in [4.78, 5) is 5.63. The van der Waals surface area contributed by atoms with Gasteiger partial charge in [0.25, 0.3) is 0 Å². The average molecular weight is 356 g/mol. The van der Waals surface area contributed by atoms with E-state index >= 15 is 0 Å². The fourth-order valence-electron chi connectivity index (χ4n) is 1.86. The zero-order valence-electron chi connectivity index (χ0n) is 11.4. The Bertz CT molecular complexity index is 529. The summed E-state index contributed by atoms with van der Waals surface area (Å²) in [5.41, 5.74) is 5.74. The normalized spacial score (nSPS) is 12.6. The molecule has 20 heavy (non-hydrogen) atoms. The van der Waals surface area contributed by atoms with Gasteiger partial charge >= 0.3 is 0 Å². The molecule has 0 fully saturated rings. The van der Waals surface area contributed by atoms with Crippen LogP contribution in [0, 0.1) is 0 Å². The highest BCUT2D eigenvalue weighted by Gasteiger charge is 2.16. The second-order valence-corrected chi connectivity index (χ2v) is 6.48. The van der Waals surface area contributed by atoms with Gasteiger partial charge in [0.1, 0.15) is 0 Å². The molecular formula is C14H18BrN3OS. The smallest absolute Gasteiger partial charge is 0.231 e. The maximum atomic E-state index is 5.74. The van der Waals surface area contributed by atoms with E-state index in [4.69, 9.17) is 10.3 Å². The molecule has 0 saturated carbocycles. The minimum atomic E-state index is 0.180. The first kappa shape index (κ1) is 15.5. The van der Waals surface area contributed by atoms with Gasteiger partial charge in [0.15, 0.2) is 5.82 Å². The molecule has 0 saturated heterocycles. The Balaban J connectivity index is 1.93. The molecule has 0 aliphatic rings. The number of hydrogen-bond donors (Lipinski definition) is 1. The molecule has 6 heteroatoms. The fourth-order valence-corrected chi connectivity index (χ4v) is 2.87. The fraction of sp³-hybridized carbons (Fsp3) is 0.429. The van der Waals surface area contributed by atoms with Crippen molar-refractivity contribution in [2.24, 2.45) is 5.73 Å². The number of halogens is 1. The number of benzene rings is 1. The molecule has 0 amide bonds. The van der Waals surface area contributed by atoms with Crippen molar-refractivity contribution < 1.29 is 4.52 Å². The van der Waals surface area contributed by atoms with E-state index < -0.39 is 0 Å². The molecule has 0 aliphatic heterocycles. The molecule has 1 atom stereocenters. The van der Waals surface area contributed by atoms with Crippen molar-refractivity contribution in [1.29, 1.82) is 0 Å². The van der Waals surface area contributed by atoms with E-state index in [9.17, 15) is 0 Å². The molecule has 1 heterocycles. The van der Waals surface area contributed by atoms with Gasteiger partial charge in [0, 0.05) is 15.9 Å². The van der Waals surface area contributed by atoms with Crippen molar-refractivity contribution in [2.75, 3.05) is 6.54 Å². The molecule has 1 aromatic carbocycles. The molecule has 2 aromatic rings. The molecule has 2 rings (SSSR count). The first-order chi connectivity index (χ1) is 9.72. The standard InChI is InChI=1S/C14H18BrN3OS/c1-2-3-10(8-16)14-17-13(18-19-14)9-20-12-6-4-11(15)5-7-12/h4-7,10H,2-3,8-9,16H2,1H3. The Kier molecular flexibility index (Phi) is 6.06. The van der Waals surface area contributed by atoms with Crippen molar-refractivity contribution >= 4 is 27.7 Å². The van der Waals surface area contributed by atoms with E-state index in [2.05, 4.69) is 45.1 Å². The lowest BCUT2D eigenvalue weighted by Crippen LogP contribution is -2.12. The summed E-state index contributed by atoms with van der Waals surface area (Å²) in [6.45, 7) is 2.68. The van der Waals surface area contributed by atoms with Gasteiger partial charge in [-0.15, -0.1) is 11.8 Å². The van der Waals surface area contributed by atoms with Crippen LogP contribution in [0.15, 0.2) is 38.2 Å². The molecule has 1 aromatic heterocycles. The van der Waals surface area contributed by atoms with Crippen molar-refractivity contribution in [3.8, 4) is 0 Å². The predicted octanol–water partition coefficient (Wildman–Crippen LogP) is 3.97. The van der Waals surface area contributed by atoms with Gasteiger partial charge < -0.3 is 10.3 Å². The molecule has 0 spiro atoms. The van der Waals surface area contributed by atoms with Gasteiger partial charge in [-0.3, -0.25) is 0 Å². The Hall–Kier alpha value is -0.850. The van der Waals surface area contributed by atoms with Gasteiger partial charge in [0.05, 0.1) is 11.7 Å². The highest BCUT2D eigenvalue weighted by Crippen LogP contribution is 2.24. The van der Waals surface area contributed by atoms with Gasteiger partial charge in [-0.05, 0) is 30.7 Å².